The van der Waals surface area contributed by atoms with Gasteiger partial charge in [0.15, 0.2) is 5.82 Å². The summed E-state index contributed by atoms with van der Waals surface area (Å²) < 4.78 is 5.03. The lowest BCUT2D eigenvalue weighted by Crippen LogP contribution is -2.32. The number of carbonyl (C=O) groups is 2. The minimum absolute atomic E-state index is 0.0613. The van der Waals surface area contributed by atoms with E-state index in [2.05, 4.69) is 26.1 Å². The third kappa shape index (κ3) is 5.03. The Morgan fingerprint density at radius 3 is 2.40 bits per heavy atom. The number of rotatable bonds is 5. The third-order valence-electron chi connectivity index (χ3n) is 3.42. The van der Waals surface area contributed by atoms with Gasteiger partial charge >= 0.3 is 6.03 Å². The number of aryl methyl sites for hydroxylation is 2. The van der Waals surface area contributed by atoms with E-state index in [1.807, 2.05) is 20.8 Å². The van der Waals surface area contributed by atoms with Crippen molar-refractivity contribution in [2.45, 2.75) is 46.7 Å². The molecular formula is C17H23N5O3. The number of amides is 3. The van der Waals surface area contributed by atoms with E-state index in [9.17, 15) is 9.59 Å². The third-order valence-corrected chi connectivity index (χ3v) is 3.42. The number of nitrogens with one attached hydrogen (secondary N) is 3. The summed E-state index contributed by atoms with van der Waals surface area (Å²) in [5.41, 5.74) is 1.95. The first kappa shape index (κ1) is 18.4. The molecule has 0 spiro atoms. The molecule has 0 radical (unpaired) electrons. The Balaban J connectivity index is 2.00. The molecule has 3 N–H and O–H groups in total. The molecule has 1 heterocycles. The van der Waals surface area contributed by atoms with E-state index in [4.69, 9.17) is 4.52 Å². The van der Waals surface area contributed by atoms with Crippen molar-refractivity contribution in [3.8, 4) is 0 Å². The smallest absolute Gasteiger partial charge is 0.319 e. The molecule has 1 aromatic heterocycles. The second-order valence-corrected chi connectivity index (χ2v) is 6.16. The van der Waals surface area contributed by atoms with Gasteiger partial charge in [0.25, 0.3) is 5.91 Å². The molecule has 0 fully saturated rings. The van der Waals surface area contributed by atoms with Crippen LogP contribution in [0.4, 0.5) is 10.5 Å². The number of carbonyl (C=O) groups excluding carboxylic acids is 2. The Hall–Kier alpha value is -2.90. The van der Waals surface area contributed by atoms with Crippen molar-refractivity contribution in [3.05, 3.63) is 41.0 Å². The molecule has 0 bridgehead atoms. The Bertz CT molecular complexity index is 769. The predicted molar refractivity (Wildman–Crippen MR) is 93.4 cm³/mol. The van der Waals surface area contributed by atoms with Gasteiger partial charge in [0.1, 0.15) is 6.04 Å². The summed E-state index contributed by atoms with van der Waals surface area (Å²) in [5, 5.41) is 12.0. The van der Waals surface area contributed by atoms with E-state index < -0.39 is 12.1 Å². The van der Waals surface area contributed by atoms with Crippen LogP contribution in [0.2, 0.25) is 0 Å². The molecular weight excluding hydrogens is 322 g/mol. The highest BCUT2D eigenvalue weighted by Crippen LogP contribution is 2.17. The second-order valence-electron chi connectivity index (χ2n) is 6.16. The lowest BCUT2D eigenvalue weighted by molar-refractivity contribution is 0.0943. The van der Waals surface area contributed by atoms with Crippen molar-refractivity contribution in [1.29, 1.82) is 0 Å². The van der Waals surface area contributed by atoms with Gasteiger partial charge in [-0.1, -0.05) is 5.16 Å². The van der Waals surface area contributed by atoms with Crippen LogP contribution in [0.3, 0.4) is 0 Å². The van der Waals surface area contributed by atoms with Gasteiger partial charge in [0.2, 0.25) is 5.89 Å². The molecule has 2 aromatic rings. The summed E-state index contributed by atoms with van der Waals surface area (Å²) in [6, 6.07) is 4.35. The molecule has 25 heavy (non-hydrogen) atoms. The van der Waals surface area contributed by atoms with Crippen molar-refractivity contribution in [3.63, 3.8) is 0 Å². The highest BCUT2D eigenvalue weighted by Gasteiger charge is 2.16. The fourth-order valence-corrected chi connectivity index (χ4v) is 2.20. The Labute approximate surface area is 146 Å². The molecule has 0 saturated carbocycles. The van der Waals surface area contributed by atoms with E-state index in [1.54, 1.807) is 32.0 Å². The summed E-state index contributed by atoms with van der Waals surface area (Å²) in [4.78, 5) is 28.2. The van der Waals surface area contributed by atoms with Gasteiger partial charge < -0.3 is 20.5 Å². The van der Waals surface area contributed by atoms with E-state index in [0.29, 0.717) is 23.0 Å². The maximum atomic E-state index is 12.1. The fourth-order valence-electron chi connectivity index (χ4n) is 2.20. The van der Waals surface area contributed by atoms with Crippen LogP contribution in [0.1, 0.15) is 54.4 Å². The summed E-state index contributed by atoms with van der Waals surface area (Å²) in [7, 11) is 0. The van der Waals surface area contributed by atoms with Crippen molar-refractivity contribution in [1.82, 2.24) is 20.8 Å². The SMILES string of the molecule is Cc1noc(C(C)NC(=O)Nc2ccc(C(=O)NC(C)C)cc2C)n1. The zero-order chi connectivity index (χ0) is 18.6. The van der Waals surface area contributed by atoms with Gasteiger partial charge in [-0.3, -0.25) is 4.79 Å². The fraction of sp³-hybridized carbons (Fsp3) is 0.412. The molecule has 0 saturated heterocycles. The normalized spacial score (nSPS) is 11.9. The van der Waals surface area contributed by atoms with E-state index in [0.717, 1.165) is 5.56 Å². The first-order valence-electron chi connectivity index (χ1n) is 8.05. The molecule has 8 heteroatoms. The Morgan fingerprint density at radius 1 is 1.12 bits per heavy atom. The van der Waals surface area contributed by atoms with Gasteiger partial charge in [-0.15, -0.1) is 0 Å². The van der Waals surface area contributed by atoms with Crippen molar-refractivity contribution < 1.29 is 14.1 Å². The van der Waals surface area contributed by atoms with Gasteiger partial charge in [0, 0.05) is 17.3 Å². The molecule has 0 aliphatic rings. The van der Waals surface area contributed by atoms with Crippen molar-refractivity contribution in [2.24, 2.45) is 0 Å². The molecule has 3 amide bonds. The van der Waals surface area contributed by atoms with E-state index in [1.165, 1.54) is 0 Å². The molecule has 1 unspecified atom stereocenters. The van der Waals surface area contributed by atoms with Crippen LogP contribution in [-0.4, -0.2) is 28.1 Å². The first-order valence-corrected chi connectivity index (χ1v) is 8.05. The van der Waals surface area contributed by atoms with Crippen molar-refractivity contribution in [2.75, 3.05) is 5.32 Å². The molecule has 1 aromatic carbocycles. The summed E-state index contributed by atoms with van der Waals surface area (Å²) in [6.45, 7) is 9.08. The summed E-state index contributed by atoms with van der Waals surface area (Å²) in [5.74, 6) is 0.703. The minimum atomic E-state index is -0.419. The van der Waals surface area contributed by atoms with E-state index >= 15 is 0 Å². The molecule has 134 valence electrons. The summed E-state index contributed by atoms with van der Waals surface area (Å²) >= 11 is 0. The number of benzene rings is 1. The molecule has 0 aliphatic heterocycles. The Morgan fingerprint density at radius 2 is 1.84 bits per heavy atom. The van der Waals surface area contributed by atoms with Gasteiger partial charge in [-0.25, -0.2) is 4.79 Å². The monoisotopic (exact) mass is 345 g/mol. The van der Waals surface area contributed by atoms with Crippen LogP contribution < -0.4 is 16.0 Å². The van der Waals surface area contributed by atoms with Crippen LogP contribution in [0.15, 0.2) is 22.7 Å². The highest BCUT2D eigenvalue weighted by molar-refractivity contribution is 5.96. The van der Waals surface area contributed by atoms with Gasteiger partial charge in [-0.2, -0.15) is 4.98 Å². The van der Waals surface area contributed by atoms with Gasteiger partial charge in [-0.05, 0) is 58.4 Å². The van der Waals surface area contributed by atoms with Gasteiger partial charge in [0.05, 0.1) is 0 Å². The number of hydrogen-bond donors (Lipinski definition) is 3. The van der Waals surface area contributed by atoms with Crippen LogP contribution in [-0.2, 0) is 0 Å². The average molecular weight is 345 g/mol. The number of aromatic nitrogens is 2. The predicted octanol–water partition coefficient (Wildman–Crippen LogP) is 2.71. The standard InChI is InChI=1S/C17H23N5O3/c1-9(2)18-15(23)13-6-7-14(10(3)8-13)21-17(24)19-11(4)16-20-12(5)22-25-16/h6-9,11H,1-5H3,(H,18,23)(H2,19,21,24). The van der Waals surface area contributed by atoms with Crippen LogP contribution in [0, 0.1) is 13.8 Å². The molecule has 0 aliphatic carbocycles. The maximum Gasteiger partial charge on any atom is 0.319 e. The first-order chi connectivity index (χ1) is 11.8. The number of anilines is 1. The summed E-state index contributed by atoms with van der Waals surface area (Å²) in [6.07, 6.45) is 0. The average Bonchev–Trinajstić information content (AvgIpc) is 2.95. The topological polar surface area (TPSA) is 109 Å². The quantitative estimate of drug-likeness (QED) is 0.772. The number of nitrogens with zero attached hydrogens (tertiary/aromatic N) is 2. The Kier molecular flexibility index (Phi) is 5.74. The van der Waals surface area contributed by atoms with E-state index in [-0.39, 0.29) is 11.9 Å². The number of urea groups is 1. The maximum absolute atomic E-state index is 12.1. The zero-order valence-corrected chi connectivity index (χ0v) is 15.0. The minimum Gasteiger partial charge on any atom is -0.350 e. The molecule has 2 rings (SSSR count). The van der Waals surface area contributed by atoms with Crippen molar-refractivity contribution >= 4 is 17.6 Å². The van der Waals surface area contributed by atoms with Crippen LogP contribution >= 0.6 is 0 Å². The van der Waals surface area contributed by atoms with Crippen LogP contribution in [0.25, 0.3) is 0 Å². The zero-order valence-electron chi connectivity index (χ0n) is 15.0. The number of hydrogen-bond acceptors (Lipinski definition) is 5. The lowest BCUT2D eigenvalue weighted by Gasteiger charge is -2.14. The van der Waals surface area contributed by atoms with Crippen LogP contribution in [0.5, 0.6) is 0 Å². The highest BCUT2D eigenvalue weighted by atomic mass is 16.5. The lowest BCUT2D eigenvalue weighted by atomic mass is 10.1. The molecule has 1 atom stereocenters. The molecule has 8 nitrogen and oxygen atoms in total. The second kappa shape index (κ2) is 7.78. The largest absolute Gasteiger partial charge is 0.350 e.